The van der Waals surface area contributed by atoms with Gasteiger partial charge < -0.3 is 10.6 Å². The molecule has 0 saturated heterocycles. The van der Waals surface area contributed by atoms with Crippen molar-refractivity contribution in [1.29, 1.82) is 0 Å². The van der Waals surface area contributed by atoms with Gasteiger partial charge in [0, 0.05) is 28.8 Å². The fourth-order valence-corrected chi connectivity index (χ4v) is 1.98. The molecule has 0 unspecified atom stereocenters. The lowest BCUT2D eigenvalue weighted by atomic mass is 9.90. The average Bonchev–Trinajstić information content (AvgIpc) is 3.05. The molecule has 2 N–H and O–H groups in total. The predicted molar refractivity (Wildman–Crippen MR) is 82.2 cm³/mol. The monoisotopic (exact) mass is 275 g/mol. The van der Waals surface area contributed by atoms with Crippen LogP contribution in [0.2, 0.25) is 0 Å². The highest BCUT2D eigenvalue weighted by atomic mass is 16.1. The van der Waals surface area contributed by atoms with Gasteiger partial charge in [0.2, 0.25) is 0 Å². The topological polar surface area (TPSA) is 54.0 Å². The molecule has 0 aromatic carbocycles. The van der Waals surface area contributed by atoms with Crippen molar-refractivity contribution < 1.29 is 4.79 Å². The number of nitrogens with one attached hydrogen (secondary N) is 2. The van der Waals surface area contributed by atoms with Crippen LogP contribution in [0.1, 0.15) is 63.5 Å². The van der Waals surface area contributed by atoms with Crippen LogP contribution in [0.5, 0.6) is 0 Å². The van der Waals surface area contributed by atoms with E-state index < -0.39 is 0 Å². The number of hydrogen-bond donors (Lipinski definition) is 2. The van der Waals surface area contributed by atoms with Gasteiger partial charge in [-0.25, -0.2) is 4.98 Å². The van der Waals surface area contributed by atoms with Gasteiger partial charge in [0.15, 0.2) is 0 Å². The summed E-state index contributed by atoms with van der Waals surface area (Å²) in [7, 11) is 0. The van der Waals surface area contributed by atoms with E-state index in [4.69, 9.17) is 0 Å². The first kappa shape index (κ1) is 14.8. The molecule has 0 spiro atoms. The highest BCUT2D eigenvalue weighted by molar-refractivity contribution is 5.95. The van der Waals surface area contributed by atoms with Gasteiger partial charge in [-0.1, -0.05) is 20.8 Å². The molecule has 0 atom stereocenters. The number of hydrogen-bond acceptors (Lipinski definition) is 3. The Morgan fingerprint density at radius 2 is 2.00 bits per heavy atom. The third kappa shape index (κ3) is 3.50. The van der Waals surface area contributed by atoms with Crippen LogP contribution in [-0.4, -0.2) is 23.0 Å². The molecule has 20 heavy (non-hydrogen) atoms. The number of amides is 1. The number of aromatic nitrogens is 1. The molecule has 1 saturated carbocycles. The maximum absolute atomic E-state index is 12.4. The Bertz CT molecular complexity index is 513. The summed E-state index contributed by atoms with van der Waals surface area (Å²) in [6.07, 6.45) is 2.13. The van der Waals surface area contributed by atoms with Crippen molar-refractivity contribution in [1.82, 2.24) is 10.3 Å². The summed E-state index contributed by atoms with van der Waals surface area (Å²) in [5, 5.41) is 6.30. The van der Waals surface area contributed by atoms with E-state index in [9.17, 15) is 4.79 Å². The van der Waals surface area contributed by atoms with Crippen LogP contribution in [0.25, 0.3) is 0 Å². The van der Waals surface area contributed by atoms with Crippen LogP contribution >= 0.6 is 0 Å². The Kier molecular flexibility index (Phi) is 3.76. The SMILES string of the molecule is CCNc1cc(C(=O)NC2(C)CC2)cc(C(C)(C)C)n1. The number of rotatable bonds is 4. The summed E-state index contributed by atoms with van der Waals surface area (Å²) in [4.78, 5) is 17.0. The normalized spacial score (nSPS) is 16.6. The first-order valence-electron chi connectivity index (χ1n) is 7.32. The average molecular weight is 275 g/mol. The standard InChI is InChI=1S/C16H25N3O/c1-6-17-13-10-11(9-12(18-13)15(2,3)4)14(20)19-16(5)7-8-16/h9-10H,6-8H2,1-5H3,(H,17,18)(H,19,20). The van der Waals surface area contributed by atoms with Crippen molar-refractivity contribution in [2.75, 3.05) is 11.9 Å². The van der Waals surface area contributed by atoms with Crippen molar-refractivity contribution in [3.63, 3.8) is 0 Å². The molecule has 2 rings (SSSR count). The van der Waals surface area contributed by atoms with Crippen molar-refractivity contribution >= 4 is 11.7 Å². The van der Waals surface area contributed by atoms with Crippen molar-refractivity contribution in [2.45, 2.75) is 58.4 Å². The Morgan fingerprint density at radius 1 is 1.35 bits per heavy atom. The van der Waals surface area contributed by atoms with E-state index in [0.717, 1.165) is 30.9 Å². The van der Waals surface area contributed by atoms with E-state index in [1.807, 2.05) is 19.1 Å². The Morgan fingerprint density at radius 3 is 2.50 bits per heavy atom. The van der Waals surface area contributed by atoms with Crippen molar-refractivity contribution in [3.8, 4) is 0 Å². The van der Waals surface area contributed by atoms with E-state index >= 15 is 0 Å². The molecule has 1 aliphatic carbocycles. The van der Waals surface area contributed by atoms with Crippen LogP contribution in [0, 0.1) is 0 Å². The summed E-state index contributed by atoms with van der Waals surface area (Å²) in [5.41, 5.74) is 1.54. The number of nitrogens with zero attached hydrogens (tertiary/aromatic N) is 1. The van der Waals surface area contributed by atoms with Gasteiger partial charge in [-0.05, 0) is 38.8 Å². The van der Waals surface area contributed by atoms with E-state index in [0.29, 0.717) is 5.56 Å². The lowest BCUT2D eigenvalue weighted by Crippen LogP contribution is -2.34. The third-order valence-corrected chi connectivity index (χ3v) is 3.63. The lowest BCUT2D eigenvalue weighted by Gasteiger charge is -2.20. The van der Waals surface area contributed by atoms with E-state index in [1.165, 1.54) is 0 Å². The molecule has 1 aliphatic rings. The zero-order valence-corrected chi connectivity index (χ0v) is 13.1. The third-order valence-electron chi connectivity index (χ3n) is 3.63. The summed E-state index contributed by atoms with van der Waals surface area (Å²) in [6, 6.07) is 3.74. The summed E-state index contributed by atoms with van der Waals surface area (Å²) >= 11 is 0. The van der Waals surface area contributed by atoms with E-state index in [-0.39, 0.29) is 16.9 Å². The molecule has 0 radical (unpaired) electrons. The Balaban J connectivity index is 2.30. The first-order valence-corrected chi connectivity index (χ1v) is 7.32. The van der Waals surface area contributed by atoms with Gasteiger partial charge in [-0.2, -0.15) is 0 Å². The largest absolute Gasteiger partial charge is 0.370 e. The first-order chi connectivity index (χ1) is 9.23. The molecule has 4 heteroatoms. The molecular weight excluding hydrogens is 250 g/mol. The Labute approximate surface area is 121 Å². The van der Waals surface area contributed by atoms with Crippen LogP contribution in [0.15, 0.2) is 12.1 Å². The molecule has 1 fully saturated rings. The molecule has 0 bridgehead atoms. The molecule has 1 amide bonds. The minimum atomic E-state index is -0.0794. The van der Waals surface area contributed by atoms with Crippen molar-refractivity contribution in [3.05, 3.63) is 23.4 Å². The quantitative estimate of drug-likeness (QED) is 0.888. The molecule has 1 aromatic rings. The van der Waals surface area contributed by atoms with E-state index in [1.54, 1.807) is 0 Å². The smallest absolute Gasteiger partial charge is 0.251 e. The summed E-state index contributed by atoms with van der Waals surface area (Å²) < 4.78 is 0. The number of carbonyl (C=O) groups excluding carboxylic acids is 1. The van der Waals surface area contributed by atoms with Gasteiger partial charge in [0.25, 0.3) is 5.91 Å². The number of pyridine rings is 1. The summed E-state index contributed by atoms with van der Waals surface area (Å²) in [6.45, 7) is 11.2. The lowest BCUT2D eigenvalue weighted by molar-refractivity contribution is 0.0935. The fourth-order valence-electron chi connectivity index (χ4n) is 1.98. The van der Waals surface area contributed by atoms with Gasteiger partial charge in [0.05, 0.1) is 0 Å². The summed E-state index contributed by atoms with van der Waals surface area (Å²) in [5.74, 6) is 0.767. The second-order valence-electron chi connectivity index (χ2n) is 6.92. The minimum absolute atomic E-state index is 0.000593. The van der Waals surface area contributed by atoms with Gasteiger partial charge in [-0.15, -0.1) is 0 Å². The molecule has 1 aromatic heterocycles. The second-order valence-corrected chi connectivity index (χ2v) is 6.92. The van der Waals surface area contributed by atoms with Gasteiger partial charge >= 0.3 is 0 Å². The van der Waals surface area contributed by atoms with Crippen LogP contribution in [0.4, 0.5) is 5.82 Å². The zero-order valence-electron chi connectivity index (χ0n) is 13.1. The second kappa shape index (κ2) is 5.08. The fraction of sp³-hybridized carbons (Fsp3) is 0.625. The number of anilines is 1. The number of carbonyl (C=O) groups is 1. The maximum Gasteiger partial charge on any atom is 0.251 e. The van der Waals surface area contributed by atoms with E-state index in [2.05, 4.69) is 43.3 Å². The molecular formula is C16H25N3O. The van der Waals surface area contributed by atoms with Crippen LogP contribution in [-0.2, 0) is 5.41 Å². The minimum Gasteiger partial charge on any atom is -0.370 e. The van der Waals surface area contributed by atoms with Gasteiger partial charge in [0.1, 0.15) is 5.82 Å². The van der Waals surface area contributed by atoms with Crippen LogP contribution in [0.3, 0.4) is 0 Å². The zero-order chi connectivity index (χ0) is 15.0. The molecule has 4 nitrogen and oxygen atoms in total. The molecule has 110 valence electrons. The highest BCUT2D eigenvalue weighted by Crippen LogP contribution is 2.34. The maximum atomic E-state index is 12.4. The molecule has 1 heterocycles. The molecule has 0 aliphatic heterocycles. The van der Waals surface area contributed by atoms with Crippen LogP contribution < -0.4 is 10.6 Å². The van der Waals surface area contributed by atoms with Gasteiger partial charge in [-0.3, -0.25) is 4.79 Å². The highest BCUT2D eigenvalue weighted by Gasteiger charge is 2.39. The predicted octanol–water partition coefficient (Wildman–Crippen LogP) is 3.09. The van der Waals surface area contributed by atoms with Crippen molar-refractivity contribution in [2.24, 2.45) is 0 Å². The Hall–Kier alpha value is -1.58.